The second kappa shape index (κ2) is 6.35. The summed E-state index contributed by atoms with van der Waals surface area (Å²) in [4.78, 5) is 11.4. The van der Waals surface area contributed by atoms with Crippen molar-refractivity contribution >= 4 is 11.6 Å². The molecular weight excluding hydrogens is 235 g/mol. The van der Waals surface area contributed by atoms with Gasteiger partial charge in [-0.3, -0.25) is 4.79 Å². The summed E-state index contributed by atoms with van der Waals surface area (Å²) in [5.41, 5.74) is 6.66. The number of amides is 1. The van der Waals surface area contributed by atoms with Crippen molar-refractivity contribution in [3.05, 3.63) is 29.6 Å². The van der Waals surface area contributed by atoms with Crippen LogP contribution in [0.2, 0.25) is 0 Å². The van der Waals surface area contributed by atoms with E-state index in [9.17, 15) is 9.18 Å². The van der Waals surface area contributed by atoms with Crippen molar-refractivity contribution in [1.29, 1.82) is 0 Å². The Morgan fingerprint density at radius 3 is 2.67 bits per heavy atom. The average molecular weight is 254 g/mol. The molecule has 100 valence electrons. The number of methoxy groups -OCH3 is 1. The van der Waals surface area contributed by atoms with Crippen molar-refractivity contribution in [2.75, 3.05) is 19.0 Å². The predicted octanol–water partition coefficient (Wildman–Crippen LogP) is 1.68. The van der Waals surface area contributed by atoms with E-state index >= 15 is 0 Å². The molecular formula is C13H19FN2O2. The van der Waals surface area contributed by atoms with Crippen LogP contribution in [0.25, 0.3) is 0 Å². The molecule has 4 nitrogen and oxygen atoms in total. The molecule has 0 saturated carbocycles. The van der Waals surface area contributed by atoms with Crippen LogP contribution in [0.1, 0.15) is 12.5 Å². The Hall–Kier alpha value is -1.62. The summed E-state index contributed by atoms with van der Waals surface area (Å²) >= 11 is 0. The van der Waals surface area contributed by atoms with Gasteiger partial charge in [-0.1, -0.05) is 6.92 Å². The molecule has 1 aromatic rings. The van der Waals surface area contributed by atoms with Gasteiger partial charge in [-0.25, -0.2) is 4.39 Å². The van der Waals surface area contributed by atoms with Crippen LogP contribution in [0.15, 0.2) is 18.2 Å². The number of carbonyl (C=O) groups excluding carboxylic acids is 1. The van der Waals surface area contributed by atoms with Gasteiger partial charge in [0.25, 0.3) is 0 Å². The first kappa shape index (κ1) is 14.4. The number of ether oxygens (including phenoxy) is 1. The van der Waals surface area contributed by atoms with Crippen LogP contribution in [-0.4, -0.2) is 25.7 Å². The van der Waals surface area contributed by atoms with Crippen molar-refractivity contribution in [3.63, 3.8) is 0 Å². The highest BCUT2D eigenvalue weighted by Gasteiger charge is 2.22. The number of rotatable bonds is 6. The summed E-state index contributed by atoms with van der Waals surface area (Å²) < 4.78 is 18.2. The third-order valence-corrected chi connectivity index (χ3v) is 2.67. The molecule has 0 aliphatic rings. The number of primary amides is 1. The lowest BCUT2D eigenvalue weighted by atomic mass is 10.0. The SMILES string of the molecule is COCC(C)C(Nc1cc(C)cc(F)c1)C(N)=O. The molecule has 0 aliphatic heterocycles. The Bertz CT molecular complexity index is 403. The summed E-state index contributed by atoms with van der Waals surface area (Å²) in [6, 6.07) is 3.93. The molecule has 0 aliphatic carbocycles. The van der Waals surface area contributed by atoms with Gasteiger partial charge in [0.2, 0.25) is 5.91 Å². The minimum atomic E-state index is -0.592. The zero-order chi connectivity index (χ0) is 13.7. The lowest BCUT2D eigenvalue weighted by molar-refractivity contribution is -0.120. The molecule has 0 aromatic heterocycles. The first-order valence-electron chi connectivity index (χ1n) is 5.76. The Balaban J connectivity index is 2.86. The largest absolute Gasteiger partial charge is 0.384 e. The Kier molecular flexibility index (Phi) is 5.09. The molecule has 1 rings (SSSR count). The molecule has 0 heterocycles. The van der Waals surface area contributed by atoms with E-state index in [4.69, 9.17) is 10.5 Å². The third-order valence-electron chi connectivity index (χ3n) is 2.67. The van der Waals surface area contributed by atoms with Gasteiger partial charge >= 0.3 is 0 Å². The molecule has 2 unspecified atom stereocenters. The standard InChI is InChI=1S/C13H19FN2O2/c1-8-4-10(14)6-11(5-8)16-12(13(15)17)9(2)7-18-3/h4-6,9,12,16H,7H2,1-3H3,(H2,15,17). The van der Waals surface area contributed by atoms with E-state index in [-0.39, 0.29) is 11.7 Å². The minimum Gasteiger partial charge on any atom is -0.384 e. The highest BCUT2D eigenvalue weighted by molar-refractivity contribution is 5.83. The van der Waals surface area contributed by atoms with E-state index in [0.29, 0.717) is 12.3 Å². The lowest BCUT2D eigenvalue weighted by Crippen LogP contribution is -2.42. The van der Waals surface area contributed by atoms with Crippen LogP contribution in [-0.2, 0) is 9.53 Å². The Labute approximate surface area is 106 Å². The fourth-order valence-corrected chi connectivity index (χ4v) is 1.85. The highest BCUT2D eigenvalue weighted by atomic mass is 19.1. The molecule has 3 N–H and O–H groups in total. The number of halogens is 1. The molecule has 0 radical (unpaired) electrons. The smallest absolute Gasteiger partial charge is 0.240 e. The molecule has 18 heavy (non-hydrogen) atoms. The van der Waals surface area contributed by atoms with Crippen molar-refractivity contribution in [3.8, 4) is 0 Å². The fourth-order valence-electron chi connectivity index (χ4n) is 1.85. The number of aryl methyl sites for hydroxylation is 1. The first-order chi connectivity index (χ1) is 8.43. The Morgan fingerprint density at radius 2 is 2.17 bits per heavy atom. The van der Waals surface area contributed by atoms with Gasteiger partial charge in [0.05, 0.1) is 6.61 Å². The van der Waals surface area contributed by atoms with Gasteiger partial charge in [0, 0.05) is 18.7 Å². The van der Waals surface area contributed by atoms with Gasteiger partial charge < -0.3 is 15.8 Å². The van der Waals surface area contributed by atoms with Crippen LogP contribution in [0.5, 0.6) is 0 Å². The van der Waals surface area contributed by atoms with E-state index < -0.39 is 11.9 Å². The van der Waals surface area contributed by atoms with E-state index in [1.807, 2.05) is 6.92 Å². The number of benzene rings is 1. The summed E-state index contributed by atoms with van der Waals surface area (Å²) in [6.07, 6.45) is 0. The second-order valence-electron chi connectivity index (χ2n) is 4.47. The highest BCUT2D eigenvalue weighted by Crippen LogP contribution is 2.17. The Morgan fingerprint density at radius 1 is 1.50 bits per heavy atom. The van der Waals surface area contributed by atoms with E-state index in [1.54, 1.807) is 20.1 Å². The molecule has 0 bridgehead atoms. The monoisotopic (exact) mass is 254 g/mol. The number of anilines is 1. The molecule has 1 aromatic carbocycles. The van der Waals surface area contributed by atoms with Crippen molar-refractivity contribution in [2.24, 2.45) is 11.7 Å². The number of nitrogens with one attached hydrogen (secondary N) is 1. The van der Waals surface area contributed by atoms with Gasteiger partial charge in [-0.15, -0.1) is 0 Å². The molecule has 0 fully saturated rings. The lowest BCUT2D eigenvalue weighted by Gasteiger charge is -2.23. The molecule has 5 heteroatoms. The predicted molar refractivity (Wildman–Crippen MR) is 68.8 cm³/mol. The van der Waals surface area contributed by atoms with E-state index in [2.05, 4.69) is 5.32 Å². The second-order valence-corrected chi connectivity index (χ2v) is 4.47. The van der Waals surface area contributed by atoms with Crippen molar-refractivity contribution in [2.45, 2.75) is 19.9 Å². The molecule has 1 amide bonds. The van der Waals surface area contributed by atoms with E-state index in [1.165, 1.54) is 12.1 Å². The first-order valence-corrected chi connectivity index (χ1v) is 5.76. The topological polar surface area (TPSA) is 64.3 Å². The third kappa shape index (κ3) is 4.00. The number of nitrogens with two attached hydrogens (primary N) is 1. The normalized spacial score (nSPS) is 14.0. The average Bonchev–Trinajstić information content (AvgIpc) is 2.24. The maximum Gasteiger partial charge on any atom is 0.240 e. The molecule has 0 spiro atoms. The maximum atomic E-state index is 13.2. The van der Waals surface area contributed by atoms with Crippen LogP contribution in [0.3, 0.4) is 0 Å². The fraction of sp³-hybridized carbons (Fsp3) is 0.462. The van der Waals surface area contributed by atoms with E-state index in [0.717, 1.165) is 5.56 Å². The summed E-state index contributed by atoms with van der Waals surface area (Å²) in [7, 11) is 1.56. The number of hydrogen-bond acceptors (Lipinski definition) is 3. The van der Waals surface area contributed by atoms with Gasteiger partial charge in [0.1, 0.15) is 11.9 Å². The molecule has 0 saturated heterocycles. The van der Waals surface area contributed by atoms with Gasteiger partial charge in [0.15, 0.2) is 0 Å². The van der Waals surface area contributed by atoms with Gasteiger partial charge in [-0.2, -0.15) is 0 Å². The summed E-state index contributed by atoms with van der Waals surface area (Å²) in [5.74, 6) is -0.933. The zero-order valence-corrected chi connectivity index (χ0v) is 10.9. The van der Waals surface area contributed by atoms with Crippen LogP contribution >= 0.6 is 0 Å². The number of carbonyl (C=O) groups is 1. The van der Waals surface area contributed by atoms with Crippen LogP contribution in [0.4, 0.5) is 10.1 Å². The molecule has 2 atom stereocenters. The van der Waals surface area contributed by atoms with Gasteiger partial charge in [-0.05, 0) is 30.7 Å². The number of hydrogen-bond donors (Lipinski definition) is 2. The summed E-state index contributed by atoms with van der Waals surface area (Å²) in [6.45, 7) is 4.03. The zero-order valence-electron chi connectivity index (χ0n) is 10.9. The quantitative estimate of drug-likeness (QED) is 0.811. The minimum absolute atomic E-state index is 0.101. The summed E-state index contributed by atoms with van der Waals surface area (Å²) in [5, 5.41) is 2.95. The van der Waals surface area contributed by atoms with Crippen molar-refractivity contribution < 1.29 is 13.9 Å². The maximum absolute atomic E-state index is 13.2. The van der Waals surface area contributed by atoms with Crippen molar-refractivity contribution in [1.82, 2.24) is 0 Å². The van der Waals surface area contributed by atoms with Crippen LogP contribution < -0.4 is 11.1 Å². The van der Waals surface area contributed by atoms with Crippen LogP contribution in [0, 0.1) is 18.7 Å².